The first-order valence-electron chi connectivity index (χ1n) is 6.33. The molecule has 4 nitrogen and oxygen atoms in total. The molecule has 0 spiro atoms. The number of phenolic OH excluding ortho intramolecular Hbond substituents is 1. The van der Waals surface area contributed by atoms with E-state index in [-0.39, 0.29) is 16.7 Å². The van der Waals surface area contributed by atoms with Crippen molar-refractivity contribution in [1.82, 2.24) is 4.90 Å². The molecule has 0 aromatic heterocycles. The molecular weight excluding hydrogens is 342 g/mol. The fraction of sp³-hybridized carbons (Fsp3) is 0.500. The number of aliphatic carboxylic acids is 1. The molecule has 2 N–H and O–H groups in total. The molecule has 0 amide bonds. The Morgan fingerprint density at radius 1 is 1.45 bits per heavy atom. The zero-order valence-corrected chi connectivity index (χ0v) is 14.0. The molecule has 0 aliphatic carbocycles. The van der Waals surface area contributed by atoms with Gasteiger partial charge in [-0.05, 0) is 39.0 Å². The number of benzene rings is 1. The van der Waals surface area contributed by atoms with Crippen LogP contribution in [0.5, 0.6) is 5.75 Å². The van der Waals surface area contributed by atoms with Crippen LogP contribution in [0.2, 0.25) is 0 Å². The Balaban J connectivity index is 2.45. The maximum absolute atomic E-state index is 11.5. The lowest BCUT2D eigenvalue weighted by Crippen LogP contribution is -2.49. The number of carboxylic acid groups (broad SMARTS) is 1. The smallest absolute Gasteiger partial charge is 0.321 e. The first-order chi connectivity index (χ1) is 9.21. The van der Waals surface area contributed by atoms with E-state index in [0.717, 1.165) is 10.0 Å². The van der Waals surface area contributed by atoms with Crippen molar-refractivity contribution in [2.24, 2.45) is 0 Å². The minimum atomic E-state index is -0.815. The van der Waals surface area contributed by atoms with Gasteiger partial charge < -0.3 is 10.2 Å². The van der Waals surface area contributed by atoms with Crippen LogP contribution in [0.4, 0.5) is 0 Å². The highest BCUT2D eigenvalue weighted by Crippen LogP contribution is 2.48. The topological polar surface area (TPSA) is 60.8 Å². The van der Waals surface area contributed by atoms with Crippen LogP contribution in [0, 0.1) is 0 Å². The van der Waals surface area contributed by atoms with Crippen molar-refractivity contribution in [2.45, 2.75) is 37.7 Å². The number of hydrogen-bond donors (Lipinski definition) is 2. The highest BCUT2D eigenvalue weighted by Gasteiger charge is 2.45. The van der Waals surface area contributed by atoms with Gasteiger partial charge in [0.05, 0.1) is 5.37 Å². The number of aromatic hydroxyl groups is 1. The van der Waals surface area contributed by atoms with Crippen molar-refractivity contribution in [3.8, 4) is 5.75 Å². The van der Waals surface area contributed by atoms with E-state index in [2.05, 4.69) is 15.9 Å². The summed E-state index contributed by atoms with van der Waals surface area (Å²) in [4.78, 5) is 13.4. The molecule has 1 aromatic rings. The molecule has 1 fully saturated rings. The van der Waals surface area contributed by atoms with Gasteiger partial charge in [0.1, 0.15) is 11.8 Å². The molecule has 110 valence electrons. The number of thioether (sulfide) groups is 1. The van der Waals surface area contributed by atoms with E-state index in [1.54, 1.807) is 23.9 Å². The van der Waals surface area contributed by atoms with E-state index in [1.807, 2.05) is 31.7 Å². The van der Waals surface area contributed by atoms with Gasteiger partial charge in [0.25, 0.3) is 0 Å². The highest BCUT2D eigenvalue weighted by molar-refractivity contribution is 9.10. The molecule has 6 heteroatoms. The predicted molar refractivity (Wildman–Crippen MR) is 84.0 cm³/mol. The Hall–Kier alpha value is -0.720. The standard InChI is InChI=1S/C14H18BrNO3S/c1-14(2,3)16-10(13(18)19)7-20-12(16)9-6-8(15)4-5-11(9)17/h4-6,10,12,17H,7H2,1-3H3,(H,18,19)/t10-,12+/m0/s1. The van der Waals surface area contributed by atoms with E-state index >= 15 is 0 Å². The molecule has 0 radical (unpaired) electrons. The maximum atomic E-state index is 11.5. The summed E-state index contributed by atoms with van der Waals surface area (Å²) in [6.07, 6.45) is 0. The summed E-state index contributed by atoms with van der Waals surface area (Å²) >= 11 is 4.96. The lowest BCUT2D eigenvalue weighted by Gasteiger charge is -2.39. The van der Waals surface area contributed by atoms with Gasteiger partial charge in [0.15, 0.2) is 0 Å². The lowest BCUT2D eigenvalue weighted by molar-refractivity contribution is -0.144. The van der Waals surface area contributed by atoms with Crippen molar-refractivity contribution < 1.29 is 15.0 Å². The summed E-state index contributed by atoms with van der Waals surface area (Å²) in [5.41, 5.74) is 0.453. The second-order valence-electron chi connectivity index (χ2n) is 5.82. The number of rotatable bonds is 2. The van der Waals surface area contributed by atoms with Crippen molar-refractivity contribution >= 4 is 33.7 Å². The van der Waals surface area contributed by atoms with E-state index in [1.165, 1.54) is 0 Å². The maximum Gasteiger partial charge on any atom is 0.321 e. The van der Waals surface area contributed by atoms with Crippen LogP contribution < -0.4 is 0 Å². The SMILES string of the molecule is CC(C)(C)N1[C@@H](c2cc(Br)ccc2O)SC[C@H]1C(=O)O. The average Bonchev–Trinajstić information content (AvgIpc) is 2.76. The third-order valence-electron chi connectivity index (χ3n) is 3.32. The number of hydrogen-bond acceptors (Lipinski definition) is 4. The minimum absolute atomic E-state index is 0.159. The summed E-state index contributed by atoms with van der Waals surface area (Å²) in [7, 11) is 0. The molecule has 1 heterocycles. The number of carboxylic acids is 1. The summed E-state index contributed by atoms with van der Waals surface area (Å²) in [6.45, 7) is 5.99. The van der Waals surface area contributed by atoms with Gasteiger partial charge in [-0.3, -0.25) is 9.69 Å². The first kappa shape index (κ1) is 15.7. The number of phenols is 1. The largest absolute Gasteiger partial charge is 0.508 e. The fourth-order valence-corrected chi connectivity index (χ4v) is 4.52. The monoisotopic (exact) mass is 359 g/mol. The molecule has 20 heavy (non-hydrogen) atoms. The van der Waals surface area contributed by atoms with Gasteiger partial charge in [-0.25, -0.2) is 0 Å². The van der Waals surface area contributed by atoms with E-state index in [4.69, 9.17) is 0 Å². The van der Waals surface area contributed by atoms with Crippen molar-refractivity contribution in [3.05, 3.63) is 28.2 Å². The summed E-state index contributed by atoms with van der Waals surface area (Å²) in [5.74, 6) is -0.0983. The zero-order valence-electron chi connectivity index (χ0n) is 11.6. The normalized spacial score (nSPS) is 24.0. The van der Waals surface area contributed by atoms with Gasteiger partial charge in [-0.1, -0.05) is 15.9 Å². The molecule has 1 aliphatic heterocycles. The molecule has 2 rings (SSSR count). The molecule has 0 bridgehead atoms. The van der Waals surface area contributed by atoms with E-state index < -0.39 is 12.0 Å². The first-order valence-corrected chi connectivity index (χ1v) is 8.17. The molecule has 1 aromatic carbocycles. The molecule has 0 unspecified atom stereocenters. The Morgan fingerprint density at radius 3 is 2.65 bits per heavy atom. The van der Waals surface area contributed by atoms with Crippen LogP contribution in [0.1, 0.15) is 31.7 Å². The Kier molecular flexibility index (Phi) is 4.37. The summed E-state index contributed by atoms with van der Waals surface area (Å²) in [6, 6.07) is 4.72. The van der Waals surface area contributed by atoms with Crippen molar-refractivity contribution in [3.63, 3.8) is 0 Å². The third-order valence-corrected chi connectivity index (χ3v) is 5.11. The number of halogens is 1. The average molecular weight is 360 g/mol. The van der Waals surface area contributed by atoms with Gasteiger partial charge in [-0.15, -0.1) is 11.8 Å². The molecule has 1 aliphatic rings. The molecule has 0 saturated carbocycles. The number of carbonyl (C=O) groups is 1. The second-order valence-corrected chi connectivity index (χ2v) is 7.85. The van der Waals surface area contributed by atoms with Crippen LogP contribution in [0.15, 0.2) is 22.7 Å². The Labute approximate surface area is 131 Å². The van der Waals surface area contributed by atoms with E-state index in [9.17, 15) is 15.0 Å². The Bertz CT molecular complexity index is 530. The zero-order chi connectivity index (χ0) is 15.1. The van der Waals surface area contributed by atoms with Gasteiger partial charge in [-0.2, -0.15) is 0 Å². The summed E-state index contributed by atoms with van der Waals surface area (Å²) in [5, 5.41) is 19.3. The van der Waals surface area contributed by atoms with Crippen LogP contribution in [0.25, 0.3) is 0 Å². The van der Waals surface area contributed by atoms with Crippen LogP contribution >= 0.6 is 27.7 Å². The lowest BCUT2D eigenvalue weighted by atomic mass is 10.0. The van der Waals surface area contributed by atoms with Gasteiger partial charge >= 0.3 is 5.97 Å². The number of nitrogens with zero attached hydrogens (tertiary/aromatic N) is 1. The Morgan fingerprint density at radius 2 is 2.10 bits per heavy atom. The van der Waals surface area contributed by atoms with Crippen molar-refractivity contribution in [1.29, 1.82) is 0 Å². The minimum Gasteiger partial charge on any atom is -0.508 e. The third kappa shape index (κ3) is 2.97. The molecular formula is C14H18BrNO3S. The van der Waals surface area contributed by atoms with Gasteiger partial charge in [0.2, 0.25) is 0 Å². The fourth-order valence-electron chi connectivity index (χ4n) is 2.48. The van der Waals surface area contributed by atoms with Gasteiger partial charge in [0, 0.05) is 21.3 Å². The predicted octanol–water partition coefficient (Wildman–Crippen LogP) is 3.45. The quantitative estimate of drug-likeness (QED) is 0.846. The molecule has 2 atom stereocenters. The van der Waals surface area contributed by atoms with Crippen LogP contribution in [0.3, 0.4) is 0 Å². The molecule has 1 saturated heterocycles. The van der Waals surface area contributed by atoms with Crippen molar-refractivity contribution in [2.75, 3.05) is 5.75 Å². The van der Waals surface area contributed by atoms with Crippen LogP contribution in [-0.2, 0) is 4.79 Å². The van der Waals surface area contributed by atoms with Crippen LogP contribution in [-0.4, -0.2) is 38.4 Å². The highest BCUT2D eigenvalue weighted by atomic mass is 79.9. The van der Waals surface area contributed by atoms with E-state index in [0.29, 0.717) is 5.75 Å². The second kappa shape index (κ2) is 5.58. The summed E-state index contributed by atoms with van der Waals surface area (Å²) < 4.78 is 0.874.